The summed E-state index contributed by atoms with van der Waals surface area (Å²) in [6.07, 6.45) is 3.79. The molecule has 0 spiro atoms. The molecule has 6 heteroatoms. The van der Waals surface area contributed by atoms with Crippen LogP contribution in [0.3, 0.4) is 0 Å². The van der Waals surface area contributed by atoms with E-state index in [1.165, 1.54) is 0 Å². The number of hydrogen-bond donors (Lipinski definition) is 2. The van der Waals surface area contributed by atoms with Gasteiger partial charge in [0, 0.05) is 34.4 Å². The molecule has 0 unspecified atom stereocenters. The molecule has 5 aromatic rings. The number of nitrogens with one attached hydrogen (secondary N) is 2. The van der Waals surface area contributed by atoms with Gasteiger partial charge in [-0.1, -0.05) is 12.1 Å². The van der Waals surface area contributed by atoms with Crippen molar-refractivity contribution in [1.82, 2.24) is 19.6 Å². The Balaban J connectivity index is 1.55. The van der Waals surface area contributed by atoms with E-state index in [2.05, 4.69) is 39.6 Å². The molecule has 5 rings (SSSR count). The number of hydrogen-bond acceptors (Lipinski definition) is 4. The maximum Gasteiger partial charge on any atom is 0.154 e. The van der Waals surface area contributed by atoms with Crippen molar-refractivity contribution in [3.05, 3.63) is 73.1 Å². The Morgan fingerprint density at radius 2 is 2.00 bits per heavy atom. The Bertz CT molecular complexity index is 1250. The topological polar surface area (TPSA) is 67.2 Å². The molecule has 0 amide bonds. The third-order valence-electron chi connectivity index (χ3n) is 4.55. The molecular formula is C21H17N5O. The van der Waals surface area contributed by atoms with Crippen molar-refractivity contribution in [1.29, 1.82) is 0 Å². The molecule has 0 aliphatic carbocycles. The van der Waals surface area contributed by atoms with Gasteiger partial charge >= 0.3 is 0 Å². The largest absolute Gasteiger partial charge is 0.497 e. The lowest BCUT2D eigenvalue weighted by atomic mass is 10.1. The normalized spacial score (nSPS) is 11.1. The van der Waals surface area contributed by atoms with E-state index in [0.717, 1.165) is 45.1 Å². The minimum absolute atomic E-state index is 0.734. The van der Waals surface area contributed by atoms with Crippen LogP contribution in [0.4, 0.5) is 11.5 Å². The average molecular weight is 355 g/mol. The van der Waals surface area contributed by atoms with Crippen molar-refractivity contribution < 1.29 is 4.74 Å². The van der Waals surface area contributed by atoms with Crippen LogP contribution in [0, 0.1) is 0 Å². The van der Waals surface area contributed by atoms with E-state index in [0.29, 0.717) is 0 Å². The van der Waals surface area contributed by atoms with E-state index in [4.69, 9.17) is 9.84 Å². The molecule has 0 saturated carbocycles. The second-order valence-corrected chi connectivity index (χ2v) is 6.27. The average Bonchev–Trinajstić information content (AvgIpc) is 3.34. The number of anilines is 2. The van der Waals surface area contributed by atoms with Crippen LogP contribution in [0.1, 0.15) is 0 Å². The quantitative estimate of drug-likeness (QED) is 0.493. The molecule has 0 aliphatic rings. The van der Waals surface area contributed by atoms with Crippen molar-refractivity contribution in [3.63, 3.8) is 0 Å². The number of imidazole rings is 1. The second-order valence-electron chi connectivity index (χ2n) is 6.27. The molecule has 3 heterocycles. The monoisotopic (exact) mass is 355 g/mol. The van der Waals surface area contributed by atoms with E-state index in [-0.39, 0.29) is 0 Å². The Hall–Kier alpha value is -3.80. The number of fused-ring (bicyclic) bond motifs is 2. The van der Waals surface area contributed by atoms with Gasteiger partial charge in [-0.15, -0.1) is 5.10 Å². The van der Waals surface area contributed by atoms with Crippen LogP contribution in [0.2, 0.25) is 0 Å². The minimum atomic E-state index is 0.734. The lowest BCUT2D eigenvalue weighted by Gasteiger charge is -2.08. The molecule has 0 fully saturated rings. The van der Waals surface area contributed by atoms with Gasteiger partial charge in [-0.2, -0.15) is 0 Å². The van der Waals surface area contributed by atoms with Gasteiger partial charge in [-0.3, -0.25) is 0 Å². The number of ether oxygens (including phenoxy) is 1. The van der Waals surface area contributed by atoms with Crippen LogP contribution in [0.25, 0.3) is 27.8 Å². The number of nitrogens with zero attached hydrogens (tertiary/aromatic N) is 3. The summed E-state index contributed by atoms with van der Waals surface area (Å²) >= 11 is 0. The van der Waals surface area contributed by atoms with Gasteiger partial charge in [0.25, 0.3) is 0 Å². The van der Waals surface area contributed by atoms with Crippen molar-refractivity contribution in [2.75, 3.05) is 12.4 Å². The molecule has 0 atom stereocenters. The molecule has 0 radical (unpaired) electrons. The van der Waals surface area contributed by atoms with E-state index >= 15 is 0 Å². The standard InChI is InChI=1S/C21H17N5O/c1-27-17-4-2-3-16(12-17)24-20-7-8-21-23-13-19(26(21)25-20)15-5-6-18-14(11-15)9-10-22-18/h2-13,22H,1H3,(H,24,25). The predicted molar refractivity (Wildman–Crippen MR) is 107 cm³/mol. The zero-order chi connectivity index (χ0) is 18.2. The van der Waals surface area contributed by atoms with Crippen LogP contribution in [-0.2, 0) is 0 Å². The van der Waals surface area contributed by atoms with Crippen molar-refractivity contribution in [2.45, 2.75) is 0 Å². The van der Waals surface area contributed by atoms with Crippen LogP contribution < -0.4 is 10.1 Å². The van der Waals surface area contributed by atoms with Gasteiger partial charge in [0.05, 0.1) is 19.0 Å². The van der Waals surface area contributed by atoms with E-state index in [9.17, 15) is 0 Å². The Labute approximate surface area is 155 Å². The molecule has 0 aliphatic heterocycles. The SMILES string of the molecule is COc1cccc(Nc2ccc3ncc(-c4ccc5[nH]ccc5c4)n3n2)c1. The third-order valence-corrected chi connectivity index (χ3v) is 4.55. The maximum atomic E-state index is 5.28. The molecule has 132 valence electrons. The van der Waals surface area contributed by atoms with Crippen molar-refractivity contribution in [2.24, 2.45) is 0 Å². The maximum absolute atomic E-state index is 5.28. The highest BCUT2D eigenvalue weighted by atomic mass is 16.5. The summed E-state index contributed by atoms with van der Waals surface area (Å²) in [5, 5.41) is 9.20. The molecule has 2 aromatic carbocycles. The van der Waals surface area contributed by atoms with E-state index in [1.54, 1.807) is 7.11 Å². The predicted octanol–water partition coefficient (Wildman–Crippen LogP) is 4.63. The summed E-state index contributed by atoms with van der Waals surface area (Å²) in [6, 6.07) is 20.0. The van der Waals surface area contributed by atoms with Gasteiger partial charge in [0.1, 0.15) is 5.75 Å². The zero-order valence-corrected chi connectivity index (χ0v) is 14.7. The first-order chi connectivity index (χ1) is 13.3. The van der Waals surface area contributed by atoms with E-state index < -0.39 is 0 Å². The smallest absolute Gasteiger partial charge is 0.154 e. The molecule has 2 N–H and O–H groups in total. The van der Waals surface area contributed by atoms with Crippen molar-refractivity contribution in [3.8, 4) is 17.0 Å². The Morgan fingerprint density at radius 1 is 1.04 bits per heavy atom. The minimum Gasteiger partial charge on any atom is -0.497 e. The van der Waals surface area contributed by atoms with E-state index in [1.807, 2.05) is 53.3 Å². The Morgan fingerprint density at radius 3 is 2.93 bits per heavy atom. The van der Waals surface area contributed by atoms with Crippen LogP contribution in [-0.4, -0.2) is 26.7 Å². The number of methoxy groups -OCH3 is 1. The van der Waals surface area contributed by atoms with Crippen molar-refractivity contribution >= 4 is 28.1 Å². The van der Waals surface area contributed by atoms with Gasteiger partial charge in [-0.25, -0.2) is 9.50 Å². The molecule has 0 saturated heterocycles. The number of aromatic amines is 1. The second kappa shape index (κ2) is 6.17. The fourth-order valence-corrected chi connectivity index (χ4v) is 3.20. The molecule has 6 nitrogen and oxygen atoms in total. The first kappa shape index (κ1) is 15.5. The van der Waals surface area contributed by atoms with Gasteiger partial charge < -0.3 is 15.0 Å². The van der Waals surface area contributed by atoms with Crippen LogP contribution in [0.15, 0.2) is 73.1 Å². The fourth-order valence-electron chi connectivity index (χ4n) is 3.20. The number of H-pyrrole nitrogens is 1. The summed E-state index contributed by atoms with van der Waals surface area (Å²) < 4.78 is 7.14. The lowest BCUT2D eigenvalue weighted by molar-refractivity contribution is 0.415. The third kappa shape index (κ3) is 2.77. The molecular weight excluding hydrogens is 338 g/mol. The summed E-state index contributed by atoms with van der Waals surface area (Å²) in [5.74, 6) is 1.53. The fraction of sp³-hybridized carbons (Fsp3) is 0.0476. The molecule has 27 heavy (non-hydrogen) atoms. The number of aromatic nitrogens is 4. The van der Waals surface area contributed by atoms with Crippen LogP contribution in [0.5, 0.6) is 5.75 Å². The molecule has 3 aromatic heterocycles. The highest BCUT2D eigenvalue weighted by Gasteiger charge is 2.09. The first-order valence-corrected chi connectivity index (χ1v) is 8.63. The summed E-state index contributed by atoms with van der Waals surface area (Å²) in [7, 11) is 1.66. The van der Waals surface area contributed by atoms with Gasteiger partial charge in [0.2, 0.25) is 0 Å². The Kier molecular flexibility index (Phi) is 3.53. The van der Waals surface area contributed by atoms with Gasteiger partial charge in [0.15, 0.2) is 11.5 Å². The highest BCUT2D eigenvalue weighted by molar-refractivity contribution is 5.84. The zero-order valence-electron chi connectivity index (χ0n) is 14.7. The van der Waals surface area contributed by atoms with Gasteiger partial charge in [-0.05, 0) is 42.5 Å². The number of rotatable bonds is 4. The lowest BCUT2D eigenvalue weighted by Crippen LogP contribution is -2.00. The number of benzene rings is 2. The summed E-state index contributed by atoms with van der Waals surface area (Å²) in [4.78, 5) is 7.70. The molecule has 0 bridgehead atoms. The first-order valence-electron chi connectivity index (χ1n) is 8.63. The van der Waals surface area contributed by atoms with Crippen LogP contribution >= 0.6 is 0 Å². The summed E-state index contributed by atoms with van der Waals surface area (Å²) in [6.45, 7) is 0. The highest BCUT2D eigenvalue weighted by Crippen LogP contribution is 2.26. The summed E-state index contributed by atoms with van der Waals surface area (Å²) in [5.41, 5.74) is 4.84.